The van der Waals surface area contributed by atoms with E-state index in [9.17, 15) is 0 Å². The molecule has 0 saturated heterocycles. The molecule has 6 rings (SSSR count). The van der Waals surface area contributed by atoms with Gasteiger partial charge in [-0.2, -0.15) is 0 Å². The first-order valence-electron chi connectivity index (χ1n) is 26.7. The Bertz CT molecular complexity index is 2460. The summed E-state index contributed by atoms with van der Waals surface area (Å²) in [7, 11) is 0. The van der Waals surface area contributed by atoms with Gasteiger partial charge >= 0.3 is 0 Å². The zero-order valence-corrected chi connectivity index (χ0v) is 42.9. The van der Waals surface area contributed by atoms with Crippen LogP contribution in [0.4, 0.5) is 11.4 Å². The molecule has 0 fully saturated rings. The predicted molar refractivity (Wildman–Crippen MR) is 303 cm³/mol. The molecule has 0 bridgehead atoms. The van der Waals surface area contributed by atoms with Crippen molar-refractivity contribution in [1.29, 1.82) is 0 Å². The van der Waals surface area contributed by atoms with Gasteiger partial charge in [-0.25, -0.2) is 0 Å². The van der Waals surface area contributed by atoms with E-state index in [2.05, 4.69) is 230 Å². The Morgan fingerprint density at radius 3 is 0.614 bits per heavy atom. The van der Waals surface area contributed by atoms with E-state index in [4.69, 9.17) is 0 Å². The van der Waals surface area contributed by atoms with Gasteiger partial charge in [-0.1, -0.05) is 176 Å². The summed E-state index contributed by atoms with van der Waals surface area (Å²) < 4.78 is 0. The van der Waals surface area contributed by atoms with Gasteiger partial charge in [0, 0.05) is 82.1 Å². The standard InChI is InChI=1S/C68H76N2/c1-5-9-13-17-53-69(54-18-14-10-6-2)67-49-41-63(42-50-67)35-31-59-25-21-57(22-26-59)29-33-61-37-45-65(46-38-61)66-47-39-62(40-48-66)34-30-58-23-27-60(28-24-58)32-36-64-43-51-68(52-44-64)70(55-19-15-11-7-3)56-20-16-12-8-4/h21-28,37-52H,5-20,53-56H2,1-4H3. The summed E-state index contributed by atoms with van der Waals surface area (Å²) in [6.07, 6.45) is 20.6. The Morgan fingerprint density at radius 2 is 0.414 bits per heavy atom. The lowest BCUT2D eigenvalue weighted by atomic mass is 10.0. The highest BCUT2D eigenvalue weighted by Gasteiger charge is 2.08. The molecule has 6 aromatic carbocycles. The van der Waals surface area contributed by atoms with Crippen molar-refractivity contribution in [3.05, 3.63) is 190 Å². The maximum atomic E-state index is 3.36. The Kier molecular flexibility index (Phi) is 23.0. The molecule has 0 heterocycles. The fraction of sp³-hybridized carbons (Fsp3) is 0.353. The zero-order chi connectivity index (χ0) is 48.9. The van der Waals surface area contributed by atoms with E-state index in [-0.39, 0.29) is 0 Å². The van der Waals surface area contributed by atoms with Crippen LogP contribution in [0.2, 0.25) is 0 Å². The molecule has 0 aliphatic heterocycles. The molecule has 6 aromatic rings. The second-order valence-corrected chi connectivity index (χ2v) is 18.6. The lowest BCUT2D eigenvalue weighted by Crippen LogP contribution is -2.25. The summed E-state index contributed by atoms with van der Waals surface area (Å²) in [5, 5.41) is 0. The van der Waals surface area contributed by atoms with Gasteiger partial charge < -0.3 is 9.80 Å². The number of benzene rings is 6. The highest BCUT2D eigenvalue weighted by Crippen LogP contribution is 2.22. The predicted octanol–water partition coefficient (Wildman–Crippen LogP) is 16.9. The molecule has 0 atom stereocenters. The molecule has 70 heavy (non-hydrogen) atoms. The molecule has 0 N–H and O–H groups in total. The summed E-state index contributed by atoms with van der Waals surface area (Å²) in [6, 6.07) is 51.0. The van der Waals surface area contributed by atoms with Crippen LogP contribution in [0.3, 0.4) is 0 Å². The van der Waals surface area contributed by atoms with Crippen molar-refractivity contribution in [2.75, 3.05) is 36.0 Å². The molecule has 0 spiro atoms. The van der Waals surface area contributed by atoms with Crippen molar-refractivity contribution in [3.8, 4) is 58.5 Å². The third kappa shape index (κ3) is 18.6. The maximum absolute atomic E-state index is 3.36. The summed E-state index contributed by atoms with van der Waals surface area (Å²) >= 11 is 0. The van der Waals surface area contributed by atoms with Crippen molar-refractivity contribution in [3.63, 3.8) is 0 Å². The van der Waals surface area contributed by atoms with Gasteiger partial charge in [0.25, 0.3) is 0 Å². The quantitative estimate of drug-likeness (QED) is 0.0467. The van der Waals surface area contributed by atoms with Gasteiger partial charge in [-0.3, -0.25) is 0 Å². The van der Waals surface area contributed by atoms with E-state index in [0.717, 1.165) is 81.8 Å². The Balaban J connectivity index is 0.971. The normalized spacial score (nSPS) is 10.4. The Labute approximate surface area is 424 Å². The van der Waals surface area contributed by atoms with E-state index < -0.39 is 0 Å². The van der Waals surface area contributed by atoms with Crippen LogP contribution in [0.1, 0.15) is 175 Å². The number of unbranched alkanes of at least 4 members (excludes halogenated alkanes) is 12. The molecule has 2 nitrogen and oxygen atoms in total. The average Bonchev–Trinajstić information content (AvgIpc) is 3.41. The van der Waals surface area contributed by atoms with Crippen molar-refractivity contribution >= 4 is 11.4 Å². The van der Waals surface area contributed by atoms with E-state index in [1.807, 2.05) is 0 Å². The number of hydrogen-bond donors (Lipinski definition) is 0. The fourth-order valence-electron chi connectivity index (χ4n) is 8.51. The summed E-state index contributed by atoms with van der Waals surface area (Å²) in [5.74, 6) is 26.7. The van der Waals surface area contributed by atoms with Gasteiger partial charge in [-0.05, 0) is 158 Å². The van der Waals surface area contributed by atoms with E-state index in [1.165, 1.54) is 114 Å². The minimum Gasteiger partial charge on any atom is -0.372 e. The maximum Gasteiger partial charge on any atom is 0.0367 e. The van der Waals surface area contributed by atoms with Crippen LogP contribution in [0.5, 0.6) is 0 Å². The SMILES string of the molecule is CCCCCCN(CCCCCC)c1ccc(C#Cc2ccc(C#Cc3ccc(-c4ccc(C#Cc5ccc(C#Cc6ccc(N(CCCCCC)CCCCCC)cc6)cc5)cc4)cc3)cc2)cc1. The van der Waals surface area contributed by atoms with Gasteiger partial charge in [0.05, 0.1) is 0 Å². The zero-order valence-electron chi connectivity index (χ0n) is 42.9. The van der Waals surface area contributed by atoms with Crippen molar-refractivity contribution in [2.24, 2.45) is 0 Å². The highest BCUT2D eigenvalue weighted by atomic mass is 15.1. The highest BCUT2D eigenvalue weighted by molar-refractivity contribution is 5.66. The molecule has 358 valence electrons. The number of rotatable bonds is 23. The van der Waals surface area contributed by atoms with Crippen LogP contribution >= 0.6 is 0 Å². The molecular weight excluding hydrogens is 845 g/mol. The minimum absolute atomic E-state index is 0.970. The average molecular weight is 921 g/mol. The number of anilines is 2. The second-order valence-electron chi connectivity index (χ2n) is 18.6. The first-order valence-corrected chi connectivity index (χ1v) is 26.7. The molecule has 0 aliphatic rings. The van der Waals surface area contributed by atoms with E-state index >= 15 is 0 Å². The van der Waals surface area contributed by atoms with Crippen LogP contribution in [-0.2, 0) is 0 Å². The van der Waals surface area contributed by atoms with Gasteiger partial charge in [0.2, 0.25) is 0 Å². The fourth-order valence-corrected chi connectivity index (χ4v) is 8.51. The van der Waals surface area contributed by atoms with E-state index in [1.54, 1.807) is 0 Å². The monoisotopic (exact) mass is 921 g/mol. The second kappa shape index (κ2) is 30.6. The molecule has 0 aromatic heterocycles. The van der Waals surface area contributed by atoms with Gasteiger partial charge in [0.1, 0.15) is 0 Å². The lowest BCUT2D eigenvalue weighted by molar-refractivity contribution is 0.609. The topological polar surface area (TPSA) is 6.48 Å². The van der Waals surface area contributed by atoms with Crippen LogP contribution < -0.4 is 9.80 Å². The molecule has 0 unspecified atom stereocenters. The van der Waals surface area contributed by atoms with Crippen LogP contribution in [0.15, 0.2) is 146 Å². The molecular formula is C68H76N2. The summed E-state index contributed by atoms with van der Waals surface area (Å²) in [6.45, 7) is 13.6. The van der Waals surface area contributed by atoms with Crippen molar-refractivity contribution < 1.29 is 0 Å². The molecule has 0 aliphatic carbocycles. The van der Waals surface area contributed by atoms with Crippen molar-refractivity contribution in [2.45, 2.75) is 130 Å². The van der Waals surface area contributed by atoms with Crippen LogP contribution in [-0.4, -0.2) is 26.2 Å². The summed E-state index contributed by atoms with van der Waals surface area (Å²) in [5.41, 5.74) is 12.9. The first kappa shape index (κ1) is 52.5. The van der Waals surface area contributed by atoms with Gasteiger partial charge in [0.15, 0.2) is 0 Å². The first-order chi connectivity index (χ1) is 34.5. The molecule has 2 heteroatoms. The number of hydrogen-bond acceptors (Lipinski definition) is 2. The van der Waals surface area contributed by atoms with Gasteiger partial charge in [-0.15, -0.1) is 0 Å². The van der Waals surface area contributed by atoms with E-state index in [0.29, 0.717) is 0 Å². The Morgan fingerprint density at radius 1 is 0.229 bits per heavy atom. The lowest BCUT2D eigenvalue weighted by Gasteiger charge is -2.25. The molecule has 0 saturated carbocycles. The minimum atomic E-state index is 0.970. The molecule has 0 radical (unpaired) electrons. The third-order valence-electron chi connectivity index (χ3n) is 12.9. The largest absolute Gasteiger partial charge is 0.372 e. The van der Waals surface area contributed by atoms with Crippen LogP contribution in [0, 0.1) is 47.4 Å². The number of nitrogens with zero attached hydrogens (tertiary/aromatic N) is 2. The van der Waals surface area contributed by atoms with Crippen LogP contribution in [0.25, 0.3) is 11.1 Å². The third-order valence-corrected chi connectivity index (χ3v) is 12.9. The van der Waals surface area contributed by atoms with Crippen molar-refractivity contribution in [1.82, 2.24) is 0 Å². The smallest absolute Gasteiger partial charge is 0.0367 e. The molecule has 0 amide bonds. The Hall–Kier alpha value is -6.84. The summed E-state index contributed by atoms with van der Waals surface area (Å²) in [4.78, 5) is 5.14.